The highest BCUT2D eigenvalue weighted by atomic mass is 32.3. The molecule has 0 aliphatic carbocycles. The lowest BCUT2D eigenvalue weighted by Crippen LogP contribution is -2.25. The Bertz CT molecular complexity index is 1010. The Balaban J connectivity index is 1.89. The third-order valence-corrected chi connectivity index (χ3v) is 6.19. The largest absolute Gasteiger partial charge is 0.506 e. The molecule has 0 radical (unpaired) electrons. The molecular weight excluding hydrogens is 424 g/mol. The van der Waals surface area contributed by atoms with E-state index in [0.29, 0.717) is 16.9 Å². The Morgan fingerprint density at radius 1 is 1.24 bits per heavy atom. The van der Waals surface area contributed by atoms with Gasteiger partial charge in [-0.3, -0.25) is 13.4 Å². The lowest BCUT2D eigenvalue weighted by molar-refractivity contribution is 0.182. The topological polar surface area (TPSA) is 149 Å². The molecule has 5 N–H and O–H groups in total. The van der Waals surface area contributed by atoms with Crippen molar-refractivity contribution in [2.24, 2.45) is 0 Å². The van der Waals surface area contributed by atoms with E-state index in [2.05, 4.69) is 4.72 Å². The third kappa shape index (κ3) is 5.04. The molecule has 1 fully saturated rings. The van der Waals surface area contributed by atoms with E-state index < -0.39 is 27.3 Å². The Labute approximate surface area is 170 Å². The Kier molecular flexibility index (Phi) is 5.85. The van der Waals surface area contributed by atoms with Crippen LogP contribution in [0.15, 0.2) is 36.4 Å². The van der Waals surface area contributed by atoms with Crippen molar-refractivity contribution in [3.63, 3.8) is 0 Å². The molecule has 0 saturated carbocycles. The minimum Gasteiger partial charge on any atom is -0.506 e. The summed E-state index contributed by atoms with van der Waals surface area (Å²) in [5, 5.41) is 20.0. The molecule has 0 bridgehead atoms. The van der Waals surface area contributed by atoms with Crippen molar-refractivity contribution in [3.05, 3.63) is 47.5 Å². The number of β-amino-alcohol motifs (C(OH)–C–C–N with tert-alkyl or cyclic N) is 1. The molecule has 1 atom stereocenters. The second kappa shape index (κ2) is 7.89. The van der Waals surface area contributed by atoms with Gasteiger partial charge in [0.1, 0.15) is 29.2 Å². The Morgan fingerprint density at radius 3 is 2.52 bits per heavy atom. The summed E-state index contributed by atoms with van der Waals surface area (Å²) in [4.78, 5) is 0. The lowest BCUT2D eigenvalue weighted by Gasteiger charge is -2.36. The number of aromatic hydroxyl groups is 1. The van der Waals surface area contributed by atoms with Gasteiger partial charge in [-0.15, -0.1) is 0 Å². The van der Waals surface area contributed by atoms with Crippen LogP contribution in [-0.2, 0) is 16.5 Å². The molecule has 1 saturated heterocycles. The smallest absolute Gasteiger partial charge is 0.306 e. The van der Waals surface area contributed by atoms with Gasteiger partial charge >= 0.3 is 10.1 Å². The van der Waals surface area contributed by atoms with Gasteiger partial charge in [0.25, 0.3) is 0 Å². The highest BCUT2D eigenvalue weighted by Gasteiger charge is 2.36. The molecule has 10 nitrogen and oxygen atoms in total. The molecule has 3 rings (SSSR count). The summed E-state index contributed by atoms with van der Waals surface area (Å²) < 4.78 is 56.6. The standard InChI is InChI=1S/C17H22N2O8S2/c1-26-13-5-4-12(16(9-13)27-28(2,22)23)7-11-3-6-14(15(20)8-11)19-10-17(21)18-29(19,24)25/h3-6,8-9,17-18,20-21,24-25H,7,10H2,1-2H3. The van der Waals surface area contributed by atoms with Gasteiger partial charge in [0, 0.05) is 18.1 Å². The summed E-state index contributed by atoms with van der Waals surface area (Å²) in [5.74, 6) is 0.310. The summed E-state index contributed by atoms with van der Waals surface area (Å²) in [5.41, 5.74) is 1.31. The van der Waals surface area contributed by atoms with E-state index in [9.17, 15) is 27.7 Å². The van der Waals surface area contributed by atoms with Crippen molar-refractivity contribution in [2.45, 2.75) is 12.6 Å². The molecule has 2 aromatic carbocycles. The molecule has 0 spiro atoms. The quantitative estimate of drug-likeness (QED) is 0.415. The fourth-order valence-electron chi connectivity index (χ4n) is 2.94. The van der Waals surface area contributed by atoms with Crippen LogP contribution in [0.25, 0.3) is 0 Å². The van der Waals surface area contributed by atoms with Crippen LogP contribution in [0.3, 0.4) is 0 Å². The van der Waals surface area contributed by atoms with Crippen LogP contribution in [0.4, 0.5) is 5.69 Å². The SMILES string of the molecule is COc1ccc(Cc2ccc(N3CC(O)NS3(O)O)c(O)c2)c(OS(C)(=O)=O)c1. The van der Waals surface area contributed by atoms with Crippen LogP contribution in [-0.4, -0.2) is 53.9 Å². The van der Waals surface area contributed by atoms with Gasteiger partial charge in [0.05, 0.1) is 19.9 Å². The first-order chi connectivity index (χ1) is 13.5. The molecule has 160 valence electrons. The maximum atomic E-state index is 11.6. The molecular formula is C17H22N2O8S2. The van der Waals surface area contributed by atoms with E-state index in [1.165, 1.54) is 25.3 Å². The maximum absolute atomic E-state index is 11.6. The normalized spacial score (nSPS) is 19.8. The van der Waals surface area contributed by atoms with Crippen LogP contribution in [0.5, 0.6) is 17.2 Å². The number of aliphatic hydroxyl groups excluding tert-OH is 1. The number of rotatable bonds is 6. The number of ether oxygens (including phenoxy) is 1. The zero-order chi connectivity index (χ0) is 21.4. The van der Waals surface area contributed by atoms with Crippen molar-refractivity contribution in [3.8, 4) is 17.2 Å². The van der Waals surface area contributed by atoms with Gasteiger partial charge in [-0.05, 0) is 23.8 Å². The number of nitrogens with zero attached hydrogens (tertiary/aromatic N) is 1. The van der Waals surface area contributed by atoms with Crippen LogP contribution >= 0.6 is 11.0 Å². The predicted molar refractivity (Wildman–Crippen MR) is 109 cm³/mol. The van der Waals surface area contributed by atoms with Crippen molar-refractivity contribution in [1.29, 1.82) is 0 Å². The number of hydrogen-bond donors (Lipinski definition) is 5. The van der Waals surface area contributed by atoms with Crippen LogP contribution in [0.1, 0.15) is 11.1 Å². The van der Waals surface area contributed by atoms with Gasteiger partial charge in [0.15, 0.2) is 0 Å². The van der Waals surface area contributed by atoms with Crippen LogP contribution in [0, 0.1) is 0 Å². The molecule has 29 heavy (non-hydrogen) atoms. The summed E-state index contributed by atoms with van der Waals surface area (Å²) in [7, 11) is -5.75. The number of aliphatic hydroxyl groups is 1. The van der Waals surface area contributed by atoms with Gasteiger partial charge in [0.2, 0.25) is 0 Å². The number of phenolic OH excluding ortho intramolecular Hbond substituents is 1. The fourth-order valence-corrected chi connectivity index (χ4v) is 4.76. The highest BCUT2D eigenvalue weighted by Crippen LogP contribution is 2.49. The molecule has 1 unspecified atom stereocenters. The van der Waals surface area contributed by atoms with E-state index >= 15 is 0 Å². The summed E-state index contributed by atoms with van der Waals surface area (Å²) in [6.07, 6.45) is 0.0298. The maximum Gasteiger partial charge on any atom is 0.306 e. The molecule has 1 heterocycles. The van der Waals surface area contributed by atoms with Crippen molar-refractivity contribution in [2.75, 3.05) is 24.2 Å². The Morgan fingerprint density at radius 2 is 1.97 bits per heavy atom. The number of nitrogens with one attached hydrogen (secondary N) is 1. The van der Waals surface area contributed by atoms with Gasteiger partial charge in [-0.1, -0.05) is 23.1 Å². The van der Waals surface area contributed by atoms with E-state index in [4.69, 9.17) is 8.92 Å². The van der Waals surface area contributed by atoms with Crippen LogP contribution < -0.4 is 17.9 Å². The van der Waals surface area contributed by atoms with E-state index in [-0.39, 0.29) is 30.2 Å². The number of hydrogen-bond acceptors (Lipinski definition) is 10. The zero-order valence-electron chi connectivity index (χ0n) is 15.6. The number of phenols is 1. The van der Waals surface area contributed by atoms with Gasteiger partial charge < -0.3 is 19.1 Å². The predicted octanol–water partition coefficient (Wildman–Crippen LogP) is 1.64. The van der Waals surface area contributed by atoms with Crippen molar-refractivity contribution in [1.82, 2.24) is 4.72 Å². The number of benzene rings is 2. The highest BCUT2D eigenvalue weighted by molar-refractivity contribution is 8.24. The molecule has 0 amide bonds. The molecule has 0 aromatic heterocycles. The molecule has 12 heteroatoms. The molecule has 1 aliphatic rings. The summed E-state index contributed by atoms with van der Waals surface area (Å²) in [6, 6.07) is 9.32. The minimum atomic E-state index is -3.76. The number of anilines is 1. The Hall–Kier alpha value is -2.22. The minimum absolute atomic E-state index is 0.108. The van der Waals surface area contributed by atoms with E-state index in [1.807, 2.05) is 0 Å². The zero-order valence-corrected chi connectivity index (χ0v) is 17.3. The molecule has 1 aliphatic heterocycles. The molecule has 2 aromatic rings. The average molecular weight is 447 g/mol. The van der Waals surface area contributed by atoms with Crippen molar-refractivity contribution < 1.29 is 36.7 Å². The van der Waals surface area contributed by atoms with Gasteiger partial charge in [-0.2, -0.15) is 13.1 Å². The first-order valence-electron chi connectivity index (χ1n) is 8.38. The van der Waals surface area contributed by atoms with E-state index in [0.717, 1.165) is 10.6 Å². The van der Waals surface area contributed by atoms with E-state index in [1.54, 1.807) is 18.2 Å². The second-order valence-corrected chi connectivity index (χ2v) is 9.76. The van der Waals surface area contributed by atoms with Gasteiger partial charge in [-0.25, -0.2) is 0 Å². The van der Waals surface area contributed by atoms with Crippen molar-refractivity contribution >= 4 is 26.8 Å². The summed E-state index contributed by atoms with van der Waals surface area (Å²) in [6.45, 7) is -0.111. The monoisotopic (exact) mass is 446 g/mol. The third-order valence-electron chi connectivity index (χ3n) is 4.16. The second-order valence-electron chi connectivity index (χ2n) is 6.47. The number of methoxy groups -OCH3 is 1. The average Bonchev–Trinajstić information content (AvgIpc) is 2.87. The summed E-state index contributed by atoms with van der Waals surface area (Å²) >= 11 is 0. The lowest BCUT2D eigenvalue weighted by atomic mass is 10.0. The first kappa shape index (κ1) is 21.5. The first-order valence-corrected chi connectivity index (χ1v) is 11.7. The fraction of sp³-hybridized carbons (Fsp3) is 0.294. The van der Waals surface area contributed by atoms with Crippen LogP contribution in [0.2, 0.25) is 0 Å².